The number of methoxy groups -OCH3 is 3. The van der Waals surface area contributed by atoms with Crippen molar-refractivity contribution in [3.63, 3.8) is 0 Å². The smallest absolute Gasteiger partial charge is 0.188 e. The first-order valence-corrected chi connectivity index (χ1v) is 12.5. The summed E-state index contributed by atoms with van der Waals surface area (Å²) in [6.07, 6.45) is 7.48. The number of rotatable bonds is 13. The van der Waals surface area contributed by atoms with E-state index in [1.54, 1.807) is 33.5 Å². The maximum atomic E-state index is 11.9. The van der Waals surface area contributed by atoms with Crippen LogP contribution in [0.4, 0.5) is 0 Å². The molecule has 36 heavy (non-hydrogen) atoms. The van der Waals surface area contributed by atoms with Gasteiger partial charge < -0.3 is 28.8 Å². The van der Waals surface area contributed by atoms with Gasteiger partial charge in [0.25, 0.3) is 0 Å². The quantitative estimate of drug-likeness (QED) is 0.250. The van der Waals surface area contributed by atoms with Gasteiger partial charge in [0.1, 0.15) is 17.2 Å². The fourth-order valence-corrected chi connectivity index (χ4v) is 4.83. The number of aliphatic hydroxyl groups excluding tert-OH is 1. The van der Waals surface area contributed by atoms with Gasteiger partial charge in [-0.25, -0.2) is 0 Å². The SMILES string of the molecule is COCOc1cc(OC)cc(OCOC)c1C(O)[C@H]1CC=C(CCC=C(C)C)C[C@@H]1c1ccccc1. The highest BCUT2D eigenvalue weighted by atomic mass is 16.7. The molecule has 0 amide bonds. The third-order valence-electron chi connectivity index (χ3n) is 6.60. The van der Waals surface area contributed by atoms with E-state index in [9.17, 15) is 5.11 Å². The molecule has 1 aliphatic rings. The van der Waals surface area contributed by atoms with Crippen LogP contribution in [0.3, 0.4) is 0 Å². The van der Waals surface area contributed by atoms with Crippen molar-refractivity contribution in [1.29, 1.82) is 0 Å². The second kappa shape index (κ2) is 14.1. The van der Waals surface area contributed by atoms with Crippen molar-refractivity contribution in [2.75, 3.05) is 34.9 Å². The first kappa shape index (κ1) is 27.8. The van der Waals surface area contributed by atoms with Crippen LogP contribution in [-0.4, -0.2) is 40.0 Å². The first-order valence-electron chi connectivity index (χ1n) is 12.5. The molecule has 0 heterocycles. The minimum absolute atomic E-state index is 0.0395. The van der Waals surface area contributed by atoms with Crippen molar-refractivity contribution >= 4 is 0 Å². The van der Waals surface area contributed by atoms with E-state index in [0.29, 0.717) is 22.8 Å². The second-order valence-electron chi connectivity index (χ2n) is 9.39. The monoisotopic (exact) mass is 496 g/mol. The van der Waals surface area contributed by atoms with Crippen molar-refractivity contribution in [2.45, 2.75) is 51.6 Å². The average molecular weight is 497 g/mol. The van der Waals surface area contributed by atoms with Gasteiger partial charge in [0.15, 0.2) is 13.6 Å². The zero-order valence-corrected chi connectivity index (χ0v) is 22.2. The van der Waals surface area contributed by atoms with Gasteiger partial charge in [0, 0.05) is 26.4 Å². The predicted octanol–water partition coefficient (Wildman–Crippen LogP) is 6.56. The van der Waals surface area contributed by atoms with Gasteiger partial charge in [-0.1, -0.05) is 53.6 Å². The second-order valence-corrected chi connectivity index (χ2v) is 9.39. The molecule has 0 aliphatic heterocycles. The molecule has 2 aromatic rings. The fraction of sp³-hybridized carbons (Fsp3) is 0.467. The number of hydrogen-bond donors (Lipinski definition) is 1. The van der Waals surface area contributed by atoms with E-state index < -0.39 is 6.10 Å². The number of aliphatic hydroxyl groups is 1. The van der Waals surface area contributed by atoms with Crippen molar-refractivity contribution in [3.05, 3.63) is 76.9 Å². The maximum Gasteiger partial charge on any atom is 0.188 e. The summed E-state index contributed by atoms with van der Waals surface area (Å²) >= 11 is 0. The standard InChI is InChI=1S/C30H40O6/c1-21(2)10-9-11-22-14-15-25(26(16-22)23-12-7-6-8-13-23)30(31)29-27(35-19-32-3)17-24(34-5)18-28(29)36-20-33-4/h6-8,10,12-14,17-18,25-26,30-31H,9,11,15-16,19-20H2,1-5H3/t25-,26+,30?/m0/s1. The van der Waals surface area contributed by atoms with E-state index in [-0.39, 0.29) is 25.4 Å². The molecule has 6 nitrogen and oxygen atoms in total. The number of allylic oxidation sites excluding steroid dienone is 4. The molecule has 1 aliphatic carbocycles. The lowest BCUT2D eigenvalue weighted by atomic mass is 9.71. The molecule has 3 atom stereocenters. The normalized spacial score (nSPS) is 18.2. The lowest BCUT2D eigenvalue weighted by Crippen LogP contribution is -2.25. The van der Waals surface area contributed by atoms with Gasteiger partial charge in [-0.3, -0.25) is 0 Å². The van der Waals surface area contributed by atoms with Crippen LogP contribution in [0.25, 0.3) is 0 Å². The summed E-state index contributed by atoms with van der Waals surface area (Å²) < 4.78 is 27.6. The summed E-state index contributed by atoms with van der Waals surface area (Å²) in [7, 11) is 4.71. The highest BCUT2D eigenvalue weighted by molar-refractivity contribution is 5.52. The summed E-state index contributed by atoms with van der Waals surface area (Å²) in [5, 5.41) is 11.9. The van der Waals surface area contributed by atoms with Crippen LogP contribution in [0, 0.1) is 5.92 Å². The van der Waals surface area contributed by atoms with Crippen LogP contribution in [0.15, 0.2) is 65.8 Å². The zero-order valence-electron chi connectivity index (χ0n) is 22.2. The summed E-state index contributed by atoms with van der Waals surface area (Å²) in [4.78, 5) is 0. The van der Waals surface area contributed by atoms with Gasteiger partial charge >= 0.3 is 0 Å². The van der Waals surface area contributed by atoms with E-state index in [0.717, 1.165) is 25.7 Å². The molecular weight excluding hydrogens is 456 g/mol. The van der Waals surface area contributed by atoms with Crippen LogP contribution < -0.4 is 14.2 Å². The Hall–Kier alpha value is -2.80. The lowest BCUT2D eigenvalue weighted by molar-refractivity contribution is 0.0325. The maximum absolute atomic E-state index is 11.9. The third kappa shape index (κ3) is 7.36. The van der Waals surface area contributed by atoms with Crippen LogP contribution >= 0.6 is 0 Å². The van der Waals surface area contributed by atoms with Crippen LogP contribution in [0.2, 0.25) is 0 Å². The van der Waals surface area contributed by atoms with Gasteiger partial charge in [-0.15, -0.1) is 0 Å². The van der Waals surface area contributed by atoms with Crippen molar-refractivity contribution < 1.29 is 28.8 Å². The van der Waals surface area contributed by atoms with Gasteiger partial charge in [0.05, 0.1) is 18.8 Å². The fourth-order valence-electron chi connectivity index (χ4n) is 4.83. The Balaban J connectivity index is 2.01. The molecule has 1 unspecified atom stereocenters. The molecule has 0 spiro atoms. The van der Waals surface area contributed by atoms with E-state index >= 15 is 0 Å². The Labute approximate surface area is 215 Å². The molecule has 0 fully saturated rings. The predicted molar refractivity (Wildman–Crippen MR) is 142 cm³/mol. The molecule has 196 valence electrons. The topological polar surface area (TPSA) is 66.4 Å². The minimum atomic E-state index is -0.838. The number of ether oxygens (including phenoxy) is 5. The van der Waals surface area contributed by atoms with Crippen LogP contribution in [0.1, 0.15) is 62.7 Å². The van der Waals surface area contributed by atoms with E-state index in [2.05, 4.69) is 50.3 Å². The molecule has 0 aromatic heterocycles. The summed E-state index contributed by atoms with van der Waals surface area (Å²) in [6, 6.07) is 14.0. The Kier molecular flexibility index (Phi) is 10.9. The largest absolute Gasteiger partial charge is 0.496 e. The van der Waals surface area contributed by atoms with Crippen molar-refractivity contribution in [1.82, 2.24) is 0 Å². The van der Waals surface area contributed by atoms with E-state index in [1.165, 1.54) is 16.7 Å². The molecule has 0 saturated heterocycles. The summed E-state index contributed by atoms with van der Waals surface area (Å²) in [5.74, 6) is 1.59. The van der Waals surface area contributed by atoms with Crippen molar-refractivity contribution in [2.24, 2.45) is 5.92 Å². The molecule has 0 bridgehead atoms. The minimum Gasteiger partial charge on any atom is -0.496 e. The molecule has 1 N–H and O–H groups in total. The molecule has 2 aromatic carbocycles. The lowest BCUT2D eigenvalue weighted by Gasteiger charge is -2.36. The molecule has 3 rings (SSSR count). The molecular formula is C30H40O6. The van der Waals surface area contributed by atoms with Gasteiger partial charge in [-0.2, -0.15) is 0 Å². The molecule has 6 heteroatoms. The third-order valence-corrected chi connectivity index (χ3v) is 6.60. The highest BCUT2D eigenvalue weighted by Crippen LogP contribution is 2.49. The first-order chi connectivity index (χ1) is 17.5. The summed E-state index contributed by atoms with van der Waals surface area (Å²) in [5.41, 5.74) is 4.58. The Morgan fingerprint density at radius 2 is 1.64 bits per heavy atom. The van der Waals surface area contributed by atoms with Gasteiger partial charge in [-0.05, 0) is 56.9 Å². The van der Waals surface area contributed by atoms with Crippen LogP contribution in [0.5, 0.6) is 17.2 Å². The van der Waals surface area contributed by atoms with Crippen LogP contribution in [-0.2, 0) is 9.47 Å². The number of hydrogen-bond acceptors (Lipinski definition) is 6. The van der Waals surface area contributed by atoms with Crippen molar-refractivity contribution in [3.8, 4) is 17.2 Å². The van der Waals surface area contributed by atoms with E-state index in [1.807, 2.05) is 6.07 Å². The molecule has 0 radical (unpaired) electrons. The highest BCUT2D eigenvalue weighted by Gasteiger charge is 2.36. The molecule has 0 saturated carbocycles. The Morgan fingerprint density at radius 3 is 2.19 bits per heavy atom. The Bertz CT molecular complexity index is 980. The Morgan fingerprint density at radius 1 is 1.00 bits per heavy atom. The van der Waals surface area contributed by atoms with E-state index in [4.69, 9.17) is 23.7 Å². The average Bonchev–Trinajstić information content (AvgIpc) is 2.90. The summed E-state index contributed by atoms with van der Waals surface area (Å²) in [6.45, 7) is 4.35. The number of benzene rings is 2. The van der Waals surface area contributed by atoms with Gasteiger partial charge in [0.2, 0.25) is 0 Å². The zero-order chi connectivity index (χ0) is 25.9.